The number of halogens is 8. The fourth-order valence-corrected chi connectivity index (χ4v) is 6.99. The minimum Gasteiger partial charge on any atom is -0.394 e. The molecular weight excluding hydrogens is 763 g/mol. The Morgan fingerprint density at radius 2 is 1.17 bits per heavy atom. The summed E-state index contributed by atoms with van der Waals surface area (Å²) in [5.41, 5.74) is 0. The van der Waals surface area contributed by atoms with E-state index in [1.807, 2.05) is 0 Å². The highest BCUT2D eigenvalue weighted by atomic mass is 79.9. The predicted octanol–water partition coefficient (Wildman–Crippen LogP) is 7.11. The standard InChI is InChI=1S/C9H12Br8O/c1-2-3-4-6(10,11)8(14,15)9(16,17)7(12,13)5-18/h18H,2-5H2,1H3. The summed E-state index contributed by atoms with van der Waals surface area (Å²) in [7, 11) is 0. The fourth-order valence-electron chi connectivity index (χ4n) is 1.11. The molecule has 0 aromatic carbocycles. The van der Waals surface area contributed by atoms with Crippen molar-refractivity contribution in [1.82, 2.24) is 0 Å². The maximum atomic E-state index is 9.51. The highest BCUT2D eigenvalue weighted by Gasteiger charge is 2.64. The molecule has 0 aliphatic rings. The third kappa shape index (κ3) is 4.65. The zero-order valence-corrected chi connectivity index (χ0v) is 22.0. The summed E-state index contributed by atoms with van der Waals surface area (Å²) in [5.74, 6) is 0. The number of hydrogen-bond acceptors (Lipinski definition) is 1. The first-order chi connectivity index (χ1) is 7.87. The van der Waals surface area contributed by atoms with Gasteiger partial charge in [-0.2, -0.15) is 0 Å². The van der Waals surface area contributed by atoms with Crippen LogP contribution in [0.1, 0.15) is 26.2 Å². The predicted molar refractivity (Wildman–Crippen MR) is 109 cm³/mol. The van der Waals surface area contributed by atoms with Crippen LogP contribution in [0.2, 0.25) is 0 Å². The fraction of sp³-hybridized carbons (Fsp3) is 1.00. The lowest BCUT2D eigenvalue weighted by molar-refractivity contribution is 0.282. The normalized spacial score (nSPS) is 15.0. The maximum Gasteiger partial charge on any atom is 0.135 e. The quantitative estimate of drug-likeness (QED) is 0.274. The topological polar surface area (TPSA) is 20.2 Å². The second-order valence-corrected chi connectivity index (χ2v) is 18.2. The molecule has 0 saturated heterocycles. The smallest absolute Gasteiger partial charge is 0.135 e. The molecule has 0 rings (SSSR count). The number of aliphatic hydroxyl groups is 1. The van der Waals surface area contributed by atoms with E-state index in [0.29, 0.717) is 0 Å². The third-order valence-corrected chi connectivity index (χ3v) is 17.5. The lowest BCUT2D eigenvalue weighted by Crippen LogP contribution is -2.56. The van der Waals surface area contributed by atoms with Gasteiger partial charge < -0.3 is 5.11 Å². The van der Waals surface area contributed by atoms with E-state index in [-0.39, 0.29) is 6.61 Å². The van der Waals surface area contributed by atoms with Gasteiger partial charge in [-0.15, -0.1) is 0 Å². The molecule has 1 N–H and O–H groups in total. The Bertz CT molecular complexity index is 276. The van der Waals surface area contributed by atoms with Crippen LogP contribution in [0.25, 0.3) is 0 Å². The maximum absolute atomic E-state index is 9.51. The number of hydrogen-bond donors (Lipinski definition) is 1. The van der Waals surface area contributed by atoms with Crippen LogP contribution in [0, 0.1) is 0 Å². The van der Waals surface area contributed by atoms with Gasteiger partial charge in [0.25, 0.3) is 0 Å². The molecule has 0 heterocycles. The highest BCUT2D eigenvalue weighted by Crippen LogP contribution is 2.67. The van der Waals surface area contributed by atoms with Crippen molar-refractivity contribution in [2.75, 3.05) is 6.61 Å². The van der Waals surface area contributed by atoms with E-state index in [1.165, 1.54) is 0 Å². The SMILES string of the molecule is CCCCC(Br)(Br)C(Br)(Br)C(Br)(Br)C(Br)(Br)CO. The van der Waals surface area contributed by atoms with E-state index in [1.54, 1.807) is 0 Å². The molecule has 0 aromatic heterocycles. The van der Waals surface area contributed by atoms with Crippen LogP contribution in [-0.4, -0.2) is 24.6 Å². The van der Waals surface area contributed by atoms with Gasteiger partial charge in [-0.05, 0) is 6.42 Å². The second kappa shape index (κ2) is 8.06. The Labute approximate surface area is 175 Å². The minimum absolute atomic E-state index is 0.119. The van der Waals surface area contributed by atoms with Crippen molar-refractivity contribution in [2.24, 2.45) is 0 Å². The van der Waals surface area contributed by atoms with Crippen molar-refractivity contribution in [3.05, 3.63) is 0 Å². The van der Waals surface area contributed by atoms with Crippen molar-refractivity contribution in [3.63, 3.8) is 0 Å². The van der Waals surface area contributed by atoms with E-state index < -0.39 is 12.9 Å². The average Bonchev–Trinajstić information content (AvgIpc) is 2.25. The zero-order chi connectivity index (χ0) is 14.8. The average molecular weight is 775 g/mol. The monoisotopic (exact) mass is 767 g/mol. The Morgan fingerprint density at radius 1 is 0.778 bits per heavy atom. The van der Waals surface area contributed by atoms with Crippen molar-refractivity contribution >= 4 is 127 Å². The van der Waals surface area contributed by atoms with E-state index in [2.05, 4.69) is 134 Å². The Hall–Kier alpha value is 3.80. The summed E-state index contributed by atoms with van der Waals surface area (Å²) in [6.07, 6.45) is 3.04. The lowest BCUT2D eigenvalue weighted by Gasteiger charge is -2.48. The van der Waals surface area contributed by atoms with Gasteiger partial charge in [0.05, 0.1) is 6.61 Å². The van der Waals surface area contributed by atoms with Crippen LogP contribution in [-0.2, 0) is 0 Å². The van der Waals surface area contributed by atoms with Crippen LogP contribution in [0.3, 0.4) is 0 Å². The number of alkyl halides is 8. The first-order valence-corrected chi connectivity index (χ1v) is 11.3. The molecule has 0 amide bonds. The van der Waals surface area contributed by atoms with Crippen molar-refractivity contribution in [1.29, 1.82) is 0 Å². The van der Waals surface area contributed by atoms with Crippen LogP contribution in [0.4, 0.5) is 0 Å². The summed E-state index contributed by atoms with van der Waals surface area (Å²) >= 11 is 29.0. The van der Waals surface area contributed by atoms with E-state index >= 15 is 0 Å². The molecule has 0 spiro atoms. The molecule has 0 aliphatic heterocycles. The van der Waals surface area contributed by atoms with Crippen LogP contribution < -0.4 is 0 Å². The first-order valence-electron chi connectivity index (χ1n) is 4.99. The van der Waals surface area contributed by atoms with Gasteiger partial charge in [0.1, 0.15) is 12.9 Å². The Kier molecular flexibility index (Phi) is 9.77. The molecule has 110 valence electrons. The molecule has 0 bridgehead atoms. The molecule has 0 unspecified atom stereocenters. The Balaban J connectivity index is 5.35. The van der Waals surface area contributed by atoms with Crippen LogP contribution >= 0.6 is 127 Å². The van der Waals surface area contributed by atoms with Gasteiger partial charge in [0.2, 0.25) is 0 Å². The van der Waals surface area contributed by atoms with Gasteiger partial charge in [-0.25, -0.2) is 0 Å². The summed E-state index contributed by atoms with van der Waals surface area (Å²) < 4.78 is -2.54. The minimum atomic E-state index is -0.765. The molecule has 0 atom stereocenters. The van der Waals surface area contributed by atoms with Gasteiger partial charge in [0.15, 0.2) is 0 Å². The summed E-state index contributed by atoms with van der Waals surface area (Å²) in [6.45, 7) is 2.02. The largest absolute Gasteiger partial charge is 0.394 e. The van der Waals surface area contributed by atoms with Crippen molar-refractivity contribution < 1.29 is 5.11 Å². The van der Waals surface area contributed by atoms with E-state index in [9.17, 15) is 5.11 Å². The van der Waals surface area contributed by atoms with E-state index in [0.717, 1.165) is 19.3 Å². The molecule has 0 fully saturated rings. The number of rotatable bonds is 7. The molecule has 0 aliphatic carbocycles. The zero-order valence-electron chi connectivity index (χ0n) is 9.30. The molecule has 0 radical (unpaired) electrons. The van der Waals surface area contributed by atoms with E-state index in [4.69, 9.17) is 0 Å². The molecule has 18 heavy (non-hydrogen) atoms. The Morgan fingerprint density at radius 3 is 1.50 bits per heavy atom. The summed E-state index contributed by atoms with van der Waals surface area (Å²) in [5, 5.41) is 9.51. The molecule has 0 saturated carbocycles. The van der Waals surface area contributed by atoms with Gasteiger partial charge in [-0.3, -0.25) is 0 Å². The number of unbranched alkanes of at least 4 members (excludes halogenated alkanes) is 1. The molecule has 0 aromatic rings. The van der Waals surface area contributed by atoms with Crippen LogP contribution in [0.5, 0.6) is 0 Å². The van der Waals surface area contributed by atoms with Gasteiger partial charge in [-0.1, -0.05) is 147 Å². The van der Waals surface area contributed by atoms with Crippen LogP contribution in [0.15, 0.2) is 0 Å². The molecular formula is C9H12Br8O. The van der Waals surface area contributed by atoms with Crippen molar-refractivity contribution in [3.8, 4) is 0 Å². The molecule has 9 heteroatoms. The second-order valence-electron chi connectivity index (χ2n) is 3.82. The van der Waals surface area contributed by atoms with Gasteiger partial charge >= 0.3 is 0 Å². The molecule has 1 nitrogen and oxygen atoms in total. The lowest BCUT2D eigenvalue weighted by atomic mass is 10.1. The van der Waals surface area contributed by atoms with Crippen molar-refractivity contribution in [2.45, 2.75) is 39.1 Å². The first kappa shape index (κ1) is 21.8. The number of aliphatic hydroxyl groups excluding tert-OH is 1. The third-order valence-electron chi connectivity index (χ3n) is 2.36. The van der Waals surface area contributed by atoms with Gasteiger partial charge in [0, 0.05) is 0 Å². The highest BCUT2D eigenvalue weighted by molar-refractivity contribution is 9.34. The summed E-state index contributed by atoms with van der Waals surface area (Å²) in [4.78, 5) is 0. The summed E-state index contributed by atoms with van der Waals surface area (Å²) in [6, 6.07) is 0.